The highest BCUT2D eigenvalue weighted by Crippen LogP contribution is 2.44. The first-order chi connectivity index (χ1) is 10.0. The van der Waals surface area contributed by atoms with Gasteiger partial charge in [-0.05, 0) is 13.8 Å². The molecular weight excluding hydrogens is 274 g/mol. The van der Waals surface area contributed by atoms with Gasteiger partial charge in [0.1, 0.15) is 24.9 Å². The van der Waals surface area contributed by atoms with E-state index in [1.165, 1.54) is 0 Å². The Labute approximate surface area is 120 Å². The minimum Gasteiger partial charge on any atom is -0.368 e. The van der Waals surface area contributed by atoms with Crippen LogP contribution in [0.25, 0.3) is 11.2 Å². The van der Waals surface area contributed by atoms with Gasteiger partial charge in [-0.25, -0.2) is 14.1 Å². The molecule has 8 heteroatoms. The van der Waals surface area contributed by atoms with E-state index < -0.39 is 5.79 Å². The number of nitrogens with two attached hydrogens (primary N) is 1. The van der Waals surface area contributed by atoms with Crippen molar-refractivity contribution in [2.24, 2.45) is 0 Å². The summed E-state index contributed by atoms with van der Waals surface area (Å²) in [5.74, 6) is -0.161. The van der Waals surface area contributed by atoms with Crippen molar-refractivity contribution in [3.8, 4) is 0 Å². The first-order valence-corrected chi connectivity index (χ1v) is 7.05. The van der Waals surface area contributed by atoms with Gasteiger partial charge in [0.15, 0.2) is 17.6 Å². The lowest BCUT2D eigenvalue weighted by Crippen LogP contribution is -2.46. The van der Waals surface area contributed by atoms with Gasteiger partial charge in [-0.15, -0.1) is 0 Å². The minimum atomic E-state index is -0.590. The average Bonchev–Trinajstić information content (AvgIpc) is 3.02. The van der Waals surface area contributed by atoms with Crippen LogP contribution in [0.5, 0.6) is 0 Å². The van der Waals surface area contributed by atoms with E-state index in [1.54, 1.807) is 12.7 Å². The molecule has 5 heterocycles. The van der Waals surface area contributed by atoms with Gasteiger partial charge in [0.2, 0.25) is 18.4 Å². The van der Waals surface area contributed by atoms with Crippen LogP contribution in [0.3, 0.4) is 0 Å². The first kappa shape index (κ1) is 11.8. The van der Waals surface area contributed by atoms with Crippen molar-refractivity contribution in [2.45, 2.75) is 50.7 Å². The zero-order valence-electron chi connectivity index (χ0n) is 11.8. The van der Waals surface area contributed by atoms with Crippen LogP contribution in [-0.2, 0) is 20.8 Å². The summed E-state index contributed by atoms with van der Waals surface area (Å²) in [6.07, 6.45) is 2.94. The van der Waals surface area contributed by atoms with Gasteiger partial charge < -0.3 is 19.9 Å². The molecule has 4 atom stereocenters. The maximum absolute atomic E-state index is 6.14. The van der Waals surface area contributed by atoms with E-state index in [2.05, 4.69) is 9.97 Å². The van der Waals surface area contributed by atoms with E-state index in [0.717, 1.165) is 5.65 Å². The molecule has 3 aliphatic heterocycles. The molecule has 0 amide bonds. The van der Waals surface area contributed by atoms with Crippen LogP contribution in [0.2, 0.25) is 0 Å². The van der Waals surface area contributed by atoms with Gasteiger partial charge in [0.05, 0.1) is 0 Å². The molecule has 0 saturated carbocycles. The molecule has 0 radical (unpaired) electrons. The number of anilines is 1. The van der Waals surface area contributed by atoms with Crippen molar-refractivity contribution >= 4 is 17.0 Å². The topological polar surface area (TPSA) is 88.3 Å². The highest BCUT2D eigenvalue weighted by molar-refractivity contribution is 5.79. The maximum Gasteiger partial charge on any atom is 0.263 e. The molecule has 0 aliphatic carbocycles. The third-order valence-corrected chi connectivity index (χ3v) is 4.39. The fraction of sp³-hybridized carbons (Fsp3) is 0.615. The highest BCUT2D eigenvalue weighted by Gasteiger charge is 2.59. The number of hydrogen-bond acceptors (Lipinski definition) is 6. The van der Waals surface area contributed by atoms with Gasteiger partial charge >= 0.3 is 0 Å². The number of hydrogen-bond donors (Lipinski definition) is 1. The molecule has 110 valence electrons. The Kier molecular flexibility index (Phi) is 1.98. The molecule has 2 N–H and O–H groups in total. The Bertz CT molecular complexity index is 758. The van der Waals surface area contributed by atoms with Crippen LogP contribution in [0, 0.1) is 0 Å². The molecule has 5 rings (SSSR count). The standard InChI is InChI=1S/C13H15N5O3/c1-13(2)20-8-6-3-17-4-16-10(14)7-11(17)18(5-15-7)12(19-6)9(8)21-13/h4-6,8-9,12,14H,3H2,1-2H3/p+1/t6-,8-,9-,12-/m1/s1. The number of fused-ring (bicyclic) bond motifs is 6. The summed E-state index contributed by atoms with van der Waals surface area (Å²) in [6.45, 7) is 4.51. The van der Waals surface area contributed by atoms with Crippen LogP contribution < -0.4 is 10.3 Å². The normalized spacial score (nSPS) is 35.9. The van der Waals surface area contributed by atoms with Gasteiger partial charge in [-0.2, -0.15) is 0 Å². The third kappa shape index (κ3) is 1.42. The SMILES string of the molecule is CC1(C)O[C@@H]2[C@H](O1)[C@H]1C[n+]3cnc(N)c4ncn(c43)[C@@H]2O1. The Morgan fingerprint density at radius 1 is 1.33 bits per heavy atom. The zero-order chi connectivity index (χ0) is 14.4. The summed E-state index contributed by atoms with van der Waals surface area (Å²) in [5, 5.41) is 0. The van der Waals surface area contributed by atoms with Crippen LogP contribution in [0.4, 0.5) is 5.82 Å². The van der Waals surface area contributed by atoms with E-state index in [1.807, 2.05) is 23.0 Å². The fourth-order valence-corrected chi connectivity index (χ4v) is 3.61. The number of rotatable bonds is 0. The number of aromatic nitrogens is 4. The van der Waals surface area contributed by atoms with Gasteiger partial charge in [-0.1, -0.05) is 4.98 Å². The molecule has 2 aromatic heterocycles. The Balaban J connectivity index is 1.72. The molecular formula is C13H16N5O3+. The lowest BCUT2D eigenvalue weighted by Gasteiger charge is -2.21. The quantitative estimate of drug-likeness (QED) is 0.672. The third-order valence-electron chi connectivity index (χ3n) is 4.39. The fourth-order valence-electron chi connectivity index (χ4n) is 3.61. The molecule has 2 saturated heterocycles. The molecule has 2 fully saturated rings. The van der Waals surface area contributed by atoms with E-state index in [0.29, 0.717) is 17.9 Å². The predicted octanol–water partition coefficient (Wildman–Crippen LogP) is -0.268. The van der Waals surface area contributed by atoms with E-state index >= 15 is 0 Å². The van der Waals surface area contributed by atoms with Crippen LogP contribution in [-0.4, -0.2) is 38.6 Å². The van der Waals surface area contributed by atoms with Gasteiger partial charge in [-0.3, -0.25) is 0 Å². The maximum atomic E-state index is 6.14. The molecule has 0 aromatic carbocycles. The van der Waals surface area contributed by atoms with Crippen molar-refractivity contribution in [1.29, 1.82) is 0 Å². The Morgan fingerprint density at radius 3 is 3.00 bits per heavy atom. The summed E-state index contributed by atoms with van der Waals surface area (Å²) in [7, 11) is 0. The molecule has 2 bridgehead atoms. The molecule has 0 unspecified atom stereocenters. The van der Waals surface area contributed by atoms with Crippen LogP contribution >= 0.6 is 0 Å². The van der Waals surface area contributed by atoms with Crippen molar-refractivity contribution in [3.63, 3.8) is 0 Å². The second-order valence-electron chi connectivity index (χ2n) is 6.24. The second kappa shape index (κ2) is 3.52. The van der Waals surface area contributed by atoms with Crippen molar-refractivity contribution < 1.29 is 18.8 Å². The van der Waals surface area contributed by atoms with E-state index in [4.69, 9.17) is 19.9 Å². The Morgan fingerprint density at radius 2 is 2.14 bits per heavy atom. The Hall–Kier alpha value is -1.77. The van der Waals surface area contributed by atoms with Crippen molar-refractivity contribution in [2.75, 3.05) is 5.73 Å². The second-order valence-corrected chi connectivity index (χ2v) is 6.24. The largest absolute Gasteiger partial charge is 0.368 e. The summed E-state index contributed by atoms with van der Waals surface area (Å²) in [5.41, 5.74) is 7.54. The average molecular weight is 290 g/mol. The number of nitrogens with zero attached hydrogens (tertiary/aromatic N) is 4. The molecule has 3 aliphatic rings. The summed E-state index contributed by atoms with van der Waals surface area (Å²) < 4.78 is 22.2. The first-order valence-electron chi connectivity index (χ1n) is 7.05. The minimum absolute atomic E-state index is 0.0692. The van der Waals surface area contributed by atoms with E-state index in [9.17, 15) is 0 Å². The highest BCUT2D eigenvalue weighted by atomic mass is 16.8. The summed E-state index contributed by atoms with van der Waals surface area (Å²) in [4.78, 5) is 8.58. The summed E-state index contributed by atoms with van der Waals surface area (Å²) >= 11 is 0. The van der Waals surface area contributed by atoms with Crippen LogP contribution in [0.1, 0.15) is 20.1 Å². The number of imidazole rings is 1. The van der Waals surface area contributed by atoms with Gasteiger partial charge in [0, 0.05) is 0 Å². The van der Waals surface area contributed by atoms with Crippen molar-refractivity contribution in [1.82, 2.24) is 14.5 Å². The number of ether oxygens (including phenoxy) is 3. The smallest absolute Gasteiger partial charge is 0.263 e. The molecule has 0 spiro atoms. The lowest BCUT2D eigenvalue weighted by atomic mass is 10.1. The van der Waals surface area contributed by atoms with Gasteiger partial charge in [0.25, 0.3) is 5.65 Å². The monoisotopic (exact) mass is 290 g/mol. The molecule has 8 nitrogen and oxygen atoms in total. The molecule has 21 heavy (non-hydrogen) atoms. The number of nitrogen functional groups attached to an aromatic ring is 1. The lowest BCUT2D eigenvalue weighted by molar-refractivity contribution is -0.682. The van der Waals surface area contributed by atoms with Crippen LogP contribution in [0.15, 0.2) is 12.7 Å². The molecule has 2 aromatic rings. The van der Waals surface area contributed by atoms with E-state index in [-0.39, 0.29) is 24.5 Å². The zero-order valence-corrected chi connectivity index (χ0v) is 11.8. The predicted molar refractivity (Wildman–Crippen MR) is 69.9 cm³/mol. The van der Waals surface area contributed by atoms with Crippen molar-refractivity contribution in [3.05, 3.63) is 12.7 Å². The summed E-state index contributed by atoms with van der Waals surface area (Å²) in [6, 6.07) is 0.